The lowest BCUT2D eigenvalue weighted by molar-refractivity contribution is -1.02. The van der Waals surface area contributed by atoms with Gasteiger partial charge in [0.1, 0.15) is 39.3 Å². The first-order valence-electron chi connectivity index (χ1n) is 7.11. The van der Waals surface area contributed by atoms with Crippen LogP contribution < -0.4 is 9.80 Å². The summed E-state index contributed by atoms with van der Waals surface area (Å²) in [6.07, 6.45) is 3.90. The normalized spacial score (nSPS) is 23.6. The number of furan rings is 1. The highest BCUT2D eigenvalue weighted by Gasteiger charge is 2.24. The van der Waals surface area contributed by atoms with Gasteiger partial charge in [0.25, 0.3) is 0 Å². The number of aryl methyl sites for hydroxylation is 1. The Hall–Kier alpha value is -1.52. The maximum Gasteiger partial charge on any atom is 0.157 e. The van der Waals surface area contributed by atoms with Gasteiger partial charge in [0.2, 0.25) is 0 Å². The predicted molar refractivity (Wildman–Crippen MR) is 72.9 cm³/mol. The molecule has 0 atom stereocenters. The monoisotopic (exact) mass is 261 g/mol. The second-order valence-electron chi connectivity index (χ2n) is 5.54. The van der Waals surface area contributed by atoms with E-state index in [1.807, 2.05) is 6.07 Å². The zero-order chi connectivity index (χ0) is 13.1. The first kappa shape index (κ1) is 12.5. The summed E-state index contributed by atoms with van der Waals surface area (Å²) in [7, 11) is 2.13. The number of hydrogen-bond donors (Lipinski definition) is 2. The first-order chi connectivity index (χ1) is 9.31. The second-order valence-corrected chi connectivity index (χ2v) is 5.54. The van der Waals surface area contributed by atoms with Crippen molar-refractivity contribution in [2.24, 2.45) is 7.05 Å². The van der Waals surface area contributed by atoms with Crippen molar-refractivity contribution in [3.8, 4) is 0 Å². The van der Waals surface area contributed by atoms with Crippen LogP contribution in [0.4, 0.5) is 0 Å². The summed E-state index contributed by atoms with van der Waals surface area (Å²) < 4.78 is 7.66. The van der Waals surface area contributed by atoms with Gasteiger partial charge in [-0.25, -0.2) is 0 Å². The first-order valence-corrected chi connectivity index (χ1v) is 7.11. The molecule has 2 aromatic rings. The third-order valence-corrected chi connectivity index (χ3v) is 4.15. The molecule has 3 rings (SSSR count). The van der Waals surface area contributed by atoms with E-state index in [1.165, 1.54) is 31.9 Å². The number of rotatable bonds is 4. The van der Waals surface area contributed by atoms with E-state index >= 15 is 0 Å². The smallest absolute Gasteiger partial charge is 0.157 e. The van der Waals surface area contributed by atoms with Crippen LogP contribution in [-0.4, -0.2) is 30.7 Å². The van der Waals surface area contributed by atoms with E-state index in [0.717, 1.165) is 18.8 Å². The van der Waals surface area contributed by atoms with Crippen molar-refractivity contribution in [2.75, 3.05) is 26.2 Å². The van der Waals surface area contributed by atoms with Crippen LogP contribution in [0.1, 0.15) is 11.5 Å². The van der Waals surface area contributed by atoms with Crippen LogP contribution >= 0.6 is 0 Å². The molecule has 19 heavy (non-hydrogen) atoms. The molecule has 0 bridgehead atoms. The van der Waals surface area contributed by atoms with E-state index < -0.39 is 0 Å². The Kier molecular flexibility index (Phi) is 3.71. The van der Waals surface area contributed by atoms with Crippen LogP contribution in [0, 0.1) is 0 Å². The van der Waals surface area contributed by atoms with Crippen LogP contribution in [-0.2, 0) is 20.1 Å². The van der Waals surface area contributed by atoms with Gasteiger partial charge in [0.05, 0.1) is 12.0 Å². The summed E-state index contributed by atoms with van der Waals surface area (Å²) in [5, 5.41) is 0. The molecule has 0 unspecified atom stereocenters. The van der Waals surface area contributed by atoms with Gasteiger partial charge in [-0.2, -0.15) is 0 Å². The molecular formula is C15H23N3O+2. The van der Waals surface area contributed by atoms with Gasteiger partial charge < -0.3 is 18.8 Å². The van der Waals surface area contributed by atoms with Crippen LogP contribution in [0.5, 0.6) is 0 Å². The third kappa shape index (κ3) is 3.08. The predicted octanol–water partition coefficient (Wildman–Crippen LogP) is -0.898. The molecule has 0 radical (unpaired) electrons. The summed E-state index contributed by atoms with van der Waals surface area (Å²) in [6, 6.07) is 8.42. The summed E-state index contributed by atoms with van der Waals surface area (Å²) >= 11 is 0. The molecule has 0 amide bonds. The number of piperazine rings is 1. The van der Waals surface area contributed by atoms with Gasteiger partial charge in [-0.05, 0) is 24.3 Å². The van der Waals surface area contributed by atoms with Crippen molar-refractivity contribution in [3.05, 3.63) is 48.2 Å². The van der Waals surface area contributed by atoms with Crippen molar-refractivity contribution in [1.29, 1.82) is 0 Å². The standard InChI is InChI=1S/C15H21N3O/c1-16-6-2-4-14(16)12-17-7-9-18(10-8-17)13-15-5-3-11-19-15/h2-6,11H,7-10,12-13H2,1H3/p+2. The fraction of sp³-hybridized carbons (Fsp3) is 0.467. The highest BCUT2D eigenvalue weighted by Crippen LogP contribution is 1.97. The third-order valence-electron chi connectivity index (χ3n) is 4.15. The number of nitrogens with one attached hydrogen (secondary N) is 2. The van der Waals surface area contributed by atoms with Crippen molar-refractivity contribution in [3.63, 3.8) is 0 Å². The Morgan fingerprint density at radius 2 is 1.79 bits per heavy atom. The van der Waals surface area contributed by atoms with Crippen molar-refractivity contribution >= 4 is 0 Å². The van der Waals surface area contributed by atoms with Gasteiger partial charge in [-0.15, -0.1) is 0 Å². The molecule has 1 aliphatic heterocycles. The quantitative estimate of drug-likeness (QED) is 0.733. The van der Waals surface area contributed by atoms with E-state index in [1.54, 1.807) is 16.1 Å². The lowest BCUT2D eigenvalue weighted by Crippen LogP contribution is -3.27. The zero-order valence-electron chi connectivity index (χ0n) is 11.6. The lowest BCUT2D eigenvalue weighted by Gasteiger charge is -2.29. The molecular weight excluding hydrogens is 238 g/mol. The minimum atomic E-state index is 1.03. The van der Waals surface area contributed by atoms with E-state index in [0.29, 0.717) is 0 Å². The lowest BCUT2D eigenvalue weighted by atomic mass is 10.2. The molecule has 1 aliphatic rings. The molecule has 4 nitrogen and oxygen atoms in total. The Labute approximate surface area is 114 Å². The number of nitrogens with zero attached hydrogens (tertiary/aromatic N) is 1. The van der Waals surface area contributed by atoms with Crippen LogP contribution in [0.25, 0.3) is 0 Å². The van der Waals surface area contributed by atoms with Crippen LogP contribution in [0.2, 0.25) is 0 Å². The van der Waals surface area contributed by atoms with Crippen molar-refractivity contribution in [1.82, 2.24) is 4.57 Å². The van der Waals surface area contributed by atoms with Gasteiger partial charge in [0.15, 0.2) is 5.76 Å². The van der Waals surface area contributed by atoms with Crippen molar-refractivity contribution in [2.45, 2.75) is 13.1 Å². The molecule has 3 heterocycles. The maximum absolute atomic E-state index is 5.43. The molecule has 102 valence electrons. The molecule has 1 saturated heterocycles. The van der Waals surface area contributed by atoms with Crippen LogP contribution in [0.15, 0.2) is 41.1 Å². The molecule has 1 fully saturated rings. The largest absolute Gasteiger partial charge is 0.463 e. The Morgan fingerprint density at radius 3 is 2.37 bits per heavy atom. The molecule has 0 aliphatic carbocycles. The fourth-order valence-corrected chi connectivity index (χ4v) is 2.91. The summed E-state index contributed by atoms with van der Waals surface area (Å²) in [5.41, 5.74) is 1.43. The number of aromatic nitrogens is 1. The second kappa shape index (κ2) is 5.63. The molecule has 0 aromatic carbocycles. The minimum absolute atomic E-state index is 1.03. The van der Waals surface area contributed by atoms with Gasteiger partial charge in [0, 0.05) is 13.2 Å². The van der Waals surface area contributed by atoms with E-state index in [9.17, 15) is 0 Å². The Balaban J connectivity index is 1.48. The Bertz CT molecular complexity index is 495. The van der Waals surface area contributed by atoms with Crippen molar-refractivity contribution < 1.29 is 14.2 Å². The summed E-state index contributed by atoms with van der Waals surface area (Å²) in [4.78, 5) is 3.34. The average Bonchev–Trinajstić information content (AvgIpc) is 3.05. The highest BCUT2D eigenvalue weighted by molar-refractivity contribution is 5.04. The van der Waals surface area contributed by atoms with Gasteiger partial charge >= 0.3 is 0 Å². The zero-order valence-corrected chi connectivity index (χ0v) is 11.6. The van der Waals surface area contributed by atoms with Gasteiger partial charge in [-0.3, -0.25) is 0 Å². The summed E-state index contributed by atoms with van der Waals surface area (Å²) in [5.74, 6) is 1.11. The van der Waals surface area contributed by atoms with E-state index in [-0.39, 0.29) is 0 Å². The van der Waals surface area contributed by atoms with E-state index in [4.69, 9.17) is 4.42 Å². The highest BCUT2D eigenvalue weighted by atomic mass is 16.3. The van der Waals surface area contributed by atoms with Gasteiger partial charge in [-0.1, -0.05) is 0 Å². The SMILES string of the molecule is Cn1cccc1C[NH+]1CC[NH+](Cc2ccco2)CC1. The maximum atomic E-state index is 5.43. The number of quaternary nitrogens is 2. The molecule has 4 heteroatoms. The number of hydrogen-bond acceptors (Lipinski definition) is 1. The Morgan fingerprint density at radius 1 is 1.05 bits per heavy atom. The average molecular weight is 261 g/mol. The van der Waals surface area contributed by atoms with Crippen LogP contribution in [0.3, 0.4) is 0 Å². The molecule has 2 N–H and O–H groups in total. The summed E-state index contributed by atoms with van der Waals surface area (Å²) in [6.45, 7) is 7.16. The molecule has 0 saturated carbocycles. The van der Waals surface area contributed by atoms with E-state index in [2.05, 4.69) is 36.0 Å². The topological polar surface area (TPSA) is 27.0 Å². The molecule has 0 spiro atoms. The molecule has 2 aromatic heterocycles. The fourth-order valence-electron chi connectivity index (χ4n) is 2.91. The minimum Gasteiger partial charge on any atom is -0.463 e.